The Morgan fingerprint density at radius 3 is 2.11 bits per heavy atom. The van der Waals surface area contributed by atoms with Crippen molar-refractivity contribution in [3.8, 4) is 11.5 Å². The molecule has 2 aromatic rings. The Morgan fingerprint density at radius 2 is 1.58 bits per heavy atom. The molecule has 0 heterocycles. The molecule has 0 atom stereocenters. The topological polar surface area (TPSA) is 90.3 Å². The highest BCUT2D eigenvalue weighted by atomic mass is 16.3. The fraction of sp³-hybridized carbons (Fsp3) is 0. The molecular formula is C15H14N2O2. The molecule has 2 aromatic carbocycles. The lowest BCUT2D eigenvalue weighted by atomic mass is 10.0. The Balaban J connectivity index is 2.50. The number of hydrogen-bond acceptors (Lipinski definition) is 3. The number of phenolic OH excluding ortho intramolecular Hbond substituents is 2. The summed E-state index contributed by atoms with van der Waals surface area (Å²) in [6, 6.07) is 13.5. The number of nitrogens with one attached hydrogen (secondary N) is 1. The molecule has 0 aliphatic rings. The standard InChI is InChI=1S/C15H14N2O2/c16-15(17)14(11-4-2-1-3-5-11)8-10-6-12(18)9-13(19)7-10/h1-9,18-19H,(H3,16,17). The summed E-state index contributed by atoms with van der Waals surface area (Å²) in [5.74, 6) is -0.154. The van der Waals surface area contributed by atoms with Gasteiger partial charge in [-0.3, -0.25) is 5.41 Å². The molecule has 0 fully saturated rings. The van der Waals surface area contributed by atoms with Gasteiger partial charge < -0.3 is 15.9 Å². The first-order valence-electron chi connectivity index (χ1n) is 5.71. The summed E-state index contributed by atoms with van der Waals surface area (Å²) >= 11 is 0. The van der Waals surface area contributed by atoms with Crippen molar-refractivity contribution in [1.29, 1.82) is 5.41 Å². The van der Waals surface area contributed by atoms with Crippen LogP contribution in [-0.4, -0.2) is 16.0 Å². The first-order valence-corrected chi connectivity index (χ1v) is 5.71. The van der Waals surface area contributed by atoms with E-state index in [0.29, 0.717) is 11.1 Å². The highest BCUT2D eigenvalue weighted by molar-refractivity contribution is 6.24. The van der Waals surface area contributed by atoms with Crippen molar-refractivity contribution < 1.29 is 10.2 Å². The van der Waals surface area contributed by atoms with Crippen LogP contribution in [0.25, 0.3) is 11.6 Å². The monoisotopic (exact) mass is 254 g/mol. The van der Waals surface area contributed by atoms with Crippen LogP contribution >= 0.6 is 0 Å². The van der Waals surface area contributed by atoms with E-state index in [0.717, 1.165) is 5.56 Å². The molecule has 2 rings (SSSR count). The number of rotatable bonds is 3. The van der Waals surface area contributed by atoms with Gasteiger partial charge in [0.25, 0.3) is 0 Å². The second-order valence-electron chi connectivity index (χ2n) is 4.12. The van der Waals surface area contributed by atoms with Crippen LogP contribution in [0.3, 0.4) is 0 Å². The van der Waals surface area contributed by atoms with E-state index in [1.165, 1.54) is 18.2 Å². The predicted molar refractivity (Wildman–Crippen MR) is 76.0 cm³/mol. The lowest BCUT2D eigenvalue weighted by Crippen LogP contribution is -2.11. The molecular weight excluding hydrogens is 240 g/mol. The molecule has 0 spiro atoms. The van der Waals surface area contributed by atoms with E-state index >= 15 is 0 Å². The van der Waals surface area contributed by atoms with Gasteiger partial charge in [0.05, 0.1) is 0 Å². The Kier molecular flexibility index (Phi) is 3.52. The van der Waals surface area contributed by atoms with E-state index in [1.807, 2.05) is 30.3 Å². The maximum atomic E-state index is 9.44. The van der Waals surface area contributed by atoms with Crippen molar-refractivity contribution in [1.82, 2.24) is 0 Å². The van der Waals surface area contributed by atoms with Gasteiger partial charge in [-0.2, -0.15) is 0 Å². The summed E-state index contributed by atoms with van der Waals surface area (Å²) in [4.78, 5) is 0. The van der Waals surface area contributed by atoms with E-state index in [1.54, 1.807) is 6.08 Å². The smallest absolute Gasteiger partial charge is 0.123 e. The molecule has 0 aliphatic heterocycles. The average molecular weight is 254 g/mol. The van der Waals surface area contributed by atoms with Gasteiger partial charge >= 0.3 is 0 Å². The van der Waals surface area contributed by atoms with Crippen LogP contribution < -0.4 is 5.73 Å². The minimum atomic E-state index is -0.0750. The maximum absolute atomic E-state index is 9.44. The predicted octanol–water partition coefficient (Wildman–Crippen LogP) is 2.57. The Hall–Kier alpha value is -2.75. The van der Waals surface area contributed by atoms with Gasteiger partial charge in [0.1, 0.15) is 17.3 Å². The average Bonchev–Trinajstić information content (AvgIpc) is 2.35. The zero-order valence-corrected chi connectivity index (χ0v) is 10.2. The van der Waals surface area contributed by atoms with Gasteiger partial charge in [-0.1, -0.05) is 30.3 Å². The summed E-state index contributed by atoms with van der Waals surface area (Å²) in [6.07, 6.45) is 1.65. The molecule has 5 N–H and O–H groups in total. The van der Waals surface area contributed by atoms with Crippen LogP contribution in [0.2, 0.25) is 0 Å². The van der Waals surface area contributed by atoms with Crippen LogP contribution in [-0.2, 0) is 0 Å². The van der Waals surface area contributed by atoms with E-state index in [9.17, 15) is 10.2 Å². The Morgan fingerprint density at radius 1 is 1.00 bits per heavy atom. The first-order chi connectivity index (χ1) is 9.06. The highest BCUT2D eigenvalue weighted by Crippen LogP contribution is 2.24. The SMILES string of the molecule is N=C(N)C(=Cc1cc(O)cc(O)c1)c1ccccc1. The van der Waals surface area contributed by atoms with E-state index in [4.69, 9.17) is 11.1 Å². The van der Waals surface area contributed by atoms with Crippen molar-refractivity contribution in [2.24, 2.45) is 5.73 Å². The third-order valence-electron chi connectivity index (χ3n) is 2.61. The molecule has 0 amide bonds. The summed E-state index contributed by atoms with van der Waals surface area (Å²) in [7, 11) is 0. The van der Waals surface area contributed by atoms with Crippen LogP contribution in [0.5, 0.6) is 11.5 Å². The van der Waals surface area contributed by atoms with Gasteiger partial charge in [0.15, 0.2) is 0 Å². The Bertz CT molecular complexity index is 614. The van der Waals surface area contributed by atoms with Crippen molar-refractivity contribution in [3.05, 3.63) is 59.7 Å². The van der Waals surface area contributed by atoms with Gasteiger partial charge in [0, 0.05) is 11.6 Å². The summed E-state index contributed by atoms with van der Waals surface area (Å²) in [5, 5.41) is 26.5. The van der Waals surface area contributed by atoms with Crippen molar-refractivity contribution >= 4 is 17.5 Å². The minimum absolute atomic E-state index is 0.0396. The van der Waals surface area contributed by atoms with E-state index in [-0.39, 0.29) is 17.3 Å². The summed E-state index contributed by atoms with van der Waals surface area (Å²) in [5.41, 5.74) is 7.49. The van der Waals surface area contributed by atoms with Crippen molar-refractivity contribution in [2.45, 2.75) is 0 Å². The summed E-state index contributed by atoms with van der Waals surface area (Å²) in [6.45, 7) is 0. The van der Waals surface area contributed by atoms with Gasteiger partial charge in [-0.25, -0.2) is 0 Å². The highest BCUT2D eigenvalue weighted by Gasteiger charge is 2.06. The second kappa shape index (κ2) is 5.27. The van der Waals surface area contributed by atoms with Gasteiger partial charge in [-0.05, 0) is 29.3 Å². The lowest BCUT2D eigenvalue weighted by Gasteiger charge is -2.06. The maximum Gasteiger partial charge on any atom is 0.123 e. The largest absolute Gasteiger partial charge is 0.508 e. The second-order valence-corrected chi connectivity index (χ2v) is 4.12. The molecule has 0 saturated carbocycles. The molecule has 19 heavy (non-hydrogen) atoms. The first kappa shape index (κ1) is 12.7. The van der Waals surface area contributed by atoms with Gasteiger partial charge in [0.2, 0.25) is 0 Å². The number of hydrogen-bond donors (Lipinski definition) is 4. The van der Waals surface area contributed by atoms with Crippen LogP contribution in [0, 0.1) is 5.41 Å². The molecule has 96 valence electrons. The van der Waals surface area contributed by atoms with Crippen molar-refractivity contribution in [3.63, 3.8) is 0 Å². The zero-order valence-electron chi connectivity index (χ0n) is 10.2. The third kappa shape index (κ3) is 3.13. The van der Waals surface area contributed by atoms with Crippen molar-refractivity contribution in [2.75, 3.05) is 0 Å². The normalized spacial score (nSPS) is 11.3. The zero-order chi connectivity index (χ0) is 13.8. The molecule has 0 aliphatic carbocycles. The number of amidine groups is 1. The lowest BCUT2D eigenvalue weighted by molar-refractivity contribution is 0.450. The number of phenols is 2. The third-order valence-corrected chi connectivity index (χ3v) is 2.61. The van der Waals surface area contributed by atoms with E-state index < -0.39 is 0 Å². The minimum Gasteiger partial charge on any atom is -0.508 e. The number of aromatic hydroxyl groups is 2. The molecule has 4 nitrogen and oxygen atoms in total. The quantitative estimate of drug-likeness (QED) is 0.385. The molecule has 0 bridgehead atoms. The molecule has 0 radical (unpaired) electrons. The number of benzene rings is 2. The Labute approximate surface area is 111 Å². The molecule has 0 aromatic heterocycles. The fourth-order valence-corrected chi connectivity index (χ4v) is 1.80. The number of nitrogens with two attached hydrogens (primary N) is 1. The molecule has 0 unspecified atom stereocenters. The molecule has 0 saturated heterocycles. The summed E-state index contributed by atoms with van der Waals surface area (Å²) < 4.78 is 0. The van der Waals surface area contributed by atoms with Crippen LogP contribution in [0.4, 0.5) is 0 Å². The molecule has 4 heteroatoms. The van der Waals surface area contributed by atoms with Gasteiger partial charge in [-0.15, -0.1) is 0 Å². The fourth-order valence-electron chi connectivity index (χ4n) is 1.80. The van der Waals surface area contributed by atoms with Crippen LogP contribution in [0.15, 0.2) is 48.5 Å². The van der Waals surface area contributed by atoms with E-state index in [2.05, 4.69) is 0 Å². The van der Waals surface area contributed by atoms with Crippen LogP contribution in [0.1, 0.15) is 11.1 Å².